The highest BCUT2D eigenvalue weighted by Crippen LogP contribution is 2.28. The first-order valence-electron chi connectivity index (χ1n) is 8.97. The van der Waals surface area contributed by atoms with Crippen LogP contribution in [-0.4, -0.2) is 54.3 Å². The first-order chi connectivity index (χ1) is 11.6. The van der Waals surface area contributed by atoms with Gasteiger partial charge >= 0.3 is 0 Å². The van der Waals surface area contributed by atoms with Gasteiger partial charge in [0.1, 0.15) is 0 Å². The summed E-state index contributed by atoms with van der Waals surface area (Å²) in [4.78, 5) is 27.8. The normalized spacial score (nSPS) is 21.8. The Labute approximate surface area is 143 Å². The molecule has 1 aliphatic carbocycles. The van der Waals surface area contributed by atoms with E-state index in [9.17, 15) is 9.59 Å². The monoisotopic (exact) mass is 329 g/mol. The Bertz CT molecular complexity index is 602. The fourth-order valence-corrected chi connectivity index (χ4v) is 3.92. The maximum atomic E-state index is 12.7. The Balaban J connectivity index is 1.51. The van der Waals surface area contributed by atoms with Gasteiger partial charge in [-0.2, -0.15) is 0 Å². The van der Waals surface area contributed by atoms with Crippen LogP contribution in [0.3, 0.4) is 0 Å². The summed E-state index contributed by atoms with van der Waals surface area (Å²) in [6, 6.07) is 8.58. The second-order valence-electron chi connectivity index (χ2n) is 7.06. The van der Waals surface area contributed by atoms with Crippen molar-refractivity contribution in [3.8, 4) is 0 Å². The molecule has 130 valence electrons. The number of hydrogen-bond donors (Lipinski definition) is 1. The minimum atomic E-state index is -0.296. The summed E-state index contributed by atoms with van der Waals surface area (Å²) in [6.07, 6.45) is 4.76. The van der Waals surface area contributed by atoms with Crippen molar-refractivity contribution in [2.24, 2.45) is 11.7 Å². The van der Waals surface area contributed by atoms with Gasteiger partial charge in [0, 0.05) is 32.6 Å². The third kappa shape index (κ3) is 4.35. The van der Waals surface area contributed by atoms with Crippen LogP contribution in [0.4, 0.5) is 0 Å². The zero-order valence-electron chi connectivity index (χ0n) is 14.2. The molecular formula is C19H27N3O2. The SMILES string of the molecule is NC(=O)CN1CCCN(C(=O)CC2CCc3ccccc3C2)CC1. The fraction of sp³-hybridized carbons (Fsp3) is 0.579. The molecule has 2 aliphatic rings. The highest BCUT2D eigenvalue weighted by molar-refractivity contribution is 5.77. The predicted molar refractivity (Wildman–Crippen MR) is 93.4 cm³/mol. The molecule has 2 amide bonds. The van der Waals surface area contributed by atoms with Gasteiger partial charge < -0.3 is 10.6 Å². The predicted octanol–water partition coefficient (Wildman–Crippen LogP) is 1.20. The van der Waals surface area contributed by atoms with Crippen molar-refractivity contribution in [3.63, 3.8) is 0 Å². The van der Waals surface area contributed by atoms with E-state index in [1.54, 1.807) is 0 Å². The third-order valence-corrected chi connectivity index (χ3v) is 5.23. The summed E-state index contributed by atoms with van der Waals surface area (Å²) in [5, 5.41) is 0. The standard InChI is InChI=1S/C19H27N3O2/c20-18(23)14-21-8-3-9-22(11-10-21)19(24)13-15-6-7-16-4-1-2-5-17(16)12-15/h1-2,4-5,15H,3,6-14H2,(H2,20,23). The highest BCUT2D eigenvalue weighted by atomic mass is 16.2. The van der Waals surface area contributed by atoms with Crippen molar-refractivity contribution in [3.05, 3.63) is 35.4 Å². The molecular weight excluding hydrogens is 302 g/mol. The smallest absolute Gasteiger partial charge is 0.231 e. The van der Waals surface area contributed by atoms with E-state index < -0.39 is 0 Å². The molecule has 0 bridgehead atoms. The molecule has 1 saturated heterocycles. The molecule has 1 unspecified atom stereocenters. The number of amides is 2. The Kier molecular flexibility index (Phi) is 5.51. The summed E-state index contributed by atoms with van der Waals surface area (Å²) in [5.41, 5.74) is 8.12. The molecule has 1 aliphatic heterocycles. The Morgan fingerprint density at radius 3 is 2.67 bits per heavy atom. The van der Waals surface area contributed by atoms with E-state index in [0.717, 1.165) is 45.3 Å². The van der Waals surface area contributed by atoms with Gasteiger partial charge in [-0.3, -0.25) is 14.5 Å². The van der Waals surface area contributed by atoms with E-state index in [2.05, 4.69) is 24.3 Å². The fourth-order valence-electron chi connectivity index (χ4n) is 3.92. The van der Waals surface area contributed by atoms with Gasteiger partial charge in [0.2, 0.25) is 11.8 Å². The van der Waals surface area contributed by atoms with Crippen LogP contribution in [0.2, 0.25) is 0 Å². The molecule has 1 aromatic rings. The van der Waals surface area contributed by atoms with Gasteiger partial charge in [-0.05, 0) is 42.7 Å². The van der Waals surface area contributed by atoms with E-state index in [0.29, 0.717) is 25.4 Å². The summed E-state index contributed by atoms with van der Waals surface area (Å²) >= 11 is 0. The van der Waals surface area contributed by atoms with E-state index >= 15 is 0 Å². The maximum absolute atomic E-state index is 12.7. The Morgan fingerprint density at radius 1 is 1.08 bits per heavy atom. The Hall–Kier alpha value is -1.88. The van der Waals surface area contributed by atoms with E-state index in [1.165, 1.54) is 11.1 Å². The zero-order chi connectivity index (χ0) is 16.9. The molecule has 5 nitrogen and oxygen atoms in total. The second-order valence-corrected chi connectivity index (χ2v) is 7.06. The first kappa shape index (κ1) is 17.0. The number of hydrogen-bond acceptors (Lipinski definition) is 3. The minimum absolute atomic E-state index is 0.264. The van der Waals surface area contributed by atoms with Crippen molar-refractivity contribution in [2.75, 3.05) is 32.7 Å². The number of carbonyl (C=O) groups is 2. The van der Waals surface area contributed by atoms with E-state index in [1.807, 2.05) is 9.80 Å². The van der Waals surface area contributed by atoms with Gasteiger partial charge in [0.05, 0.1) is 6.54 Å². The molecule has 5 heteroatoms. The Morgan fingerprint density at radius 2 is 1.88 bits per heavy atom. The molecule has 1 aromatic carbocycles. The lowest BCUT2D eigenvalue weighted by Crippen LogP contribution is -2.38. The summed E-state index contributed by atoms with van der Waals surface area (Å²) in [6.45, 7) is 3.36. The number of benzene rings is 1. The molecule has 24 heavy (non-hydrogen) atoms. The van der Waals surface area contributed by atoms with Crippen LogP contribution < -0.4 is 5.73 Å². The average Bonchev–Trinajstić information content (AvgIpc) is 2.80. The van der Waals surface area contributed by atoms with Crippen molar-refractivity contribution >= 4 is 11.8 Å². The number of fused-ring (bicyclic) bond motifs is 1. The van der Waals surface area contributed by atoms with Crippen LogP contribution in [0.25, 0.3) is 0 Å². The molecule has 0 aromatic heterocycles. The molecule has 0 saturated carbocycles. The topological polar surface area (TPSA) is 66.6 Å². The van der Waals surface area contributed by atoms with Crippen molar-refractivity contribution < 1.29 is 9.59 Å². The number of aryl methyl sites for hydroxylation is 1. The highest BCUT2D eigenvalue weighted by Gasteiger charge is 2.25. The van der Waals surface area contributed by atoms with Crippen molar-refractivity contribution in [1.82, 2.24) is 9.80 Å². The minimum Gasteiger partial charge on any atom is -0.369 e. The van der Waals surface area contributed by atoms with Crippen LogP contribution in [0.5, 0.6) is 0 Å². The quantitative estimate of drug-likeness (QED) is 0.903. The van der Waals surface area contributed by atoms with Crippen LogP contribution in [0.1, 0.15) is 30.4 Å². The molecule has 3 rings (SSSR count). The number of rotatable bonds is 4. The number of nitrogens with zero attached hydrogens (tertiary/aromatic N) is 2. The lowest BCUT2D eigenvalue weighted by atomic mass is 9.82. The van der Waals surface area contributed by atoms with Gasteiger partial charge in [-0.25, -0.2) is 0 Å². The summed E-state index contributed by atoms with van der Waals surface area (Å²) < 4.78 is 0. The lowest BCUT2D eigenvalue weighted by molar-refractivity contribution is -0.132. The zero-order valence-corrected chi connectivity index (χ0v) is 14.2. The van der Waals surface area contributed by atoms with Crippen molar-refractivity contribution in [1.29, 1.82) is 0 Å². The lowest BCUT2D eigenvalue weighted by Gasteiger charge is -2.27. The third-order valence-electron chi connectivity index (χ3n) is 5.23. The second kappa shape index (κ2) is 7.79. The van der Waals surface area contributed by atoms with Crippen LogP contribution in [0.15, 0.2) is 24.3 Å². The molecule has 1 fully saturated rings. The molecule has 2 N–H and O–H groups in total. The maximum Gasteiger partial charge on any atom is 0.231 e. The van der Waals surface area contributed by atoms with Crippen LogP contribution in [0, 0.1) is 5.92 Å². The van der Waals surface area contributed by atoms with Gasteiger partial charge in [0.15, 0.2) is 0 Å². The van der Waals surface area contributed by atoms with E-state index in [-0.39, 0.29) is 11.8 Å². The first-order valence-corrected chi connectivity index (χ1v) is 8.97. The molecule has 1 atom stereocenters. The van der Waals surface area contributed by atoms with Gasteiger partial charge in [-0.15, -0.1) is 0 Å². The molecule has 0 radical (unpaired) electrons. The van der Waals surface area contributed by atoms with Crippen molar-refractivity contribution in [2.45, 2.75) is 32.1 Å². The largest absolute Gasteiger partial charge is 0.369 e. The van der Waals surface area contributed by atoms with Gasteiger partial charge in [0.25, 0.3) is 0 Å². The number of primary amides is 1. The molecule has 0 spiro atoms. The number of carbonyl (C=O) groups excluding carboxylic acids is 2. The number of nitrogens with two attached hydrogens (primary N) is 1. The van der Waals surface area contributed by atoms with E-state index in [4.69, 9.17) is 5.73 Å². The van der Waals surface area contributed by atoms with Gasteiger partial charge in [-0.1, -0.05) is 24.3 Å². The summed E-state index contributed by atoms with van der Waals surface area (Å²) in [7, 11) is 0. The van der Waals surface area contributed by atoms with Crippen LogP contribution in [-0.2, 0) is 22.4 Å². The molecule has 1 heterocycles. The van der Waals surface area contributed by atoms with Crippen LogP contribution >= 0.6 is 0 Å². The average molecular weight is 329 g/mol. The summed E-state index contributed by atoms with van der Waals surface area (Å²) in [5.74, 6) is 0.424.